The van der Waals surface area contributed by atoms with Gasteiger partial charge in [-0.15, -0.1) is 0 Å². The second kappa shape index (κ2) is 7.38. The van der Waals surface area contributed by atoms with E-state index in [2.05, 4.69) is 24.4 Å². The van der Waals surface area contributed by atoms with Gasteiger partial charge in [-0.25, -0.2) is 4.98 Å². The van der Waals surface area contributed by atoms with Crippen LogP contribution in [0.1, 0.15) is 42.9 Å². The van der Waals surface area contributed by atoms with Crippen LogP contribution in [0.15, 0.2) is 24.8 Å². The molecule has 1 spiro atoms. The van der Waals surface area contributed by atoms with E-state index in [1.807, 2.05) is 31.3 Å². The van der Waals surface area contributed by atoms with Crippen LogP contribution in [0.5, 0.6) is 0 Å². The molecule has 144 valence electrons. The van der Waals surface area contributed by atoms with E-state index in [0.717, 1.165) is 49.8 Å². The van der Waals surface area contributed by atoms with Gasteiger partial charge in [0, 0.05) is 50.6 Å². The number of carbonyl (C=O) groups is 1. The van der Waals surface area contributed by atoms with Crippen LogP contribution in [0, 0.1) is 12.3 Å². The Morgan fingerprint density at radius 2 is 2.00 bits per heavy atom. The maximum Gasteiger partial charge on any atom is 0.222 e. The van der Waals surface area contributed by atoms with Crippen molar-refractivity contribution in [2.75, 3.05) is 19.6 Å². The highest BCUT2D eigenvalue weighted by Crippen LogP contribution is 2.39. The minimum absolute atomic E-state index is 0.190. The van der Waals surface area contributed by atoms with Crippen LogP contribution in [0.2, 0.25) is 0 Å². The lowest BCUT2D eigenvalue weighted by Crippen LogP contribution is -2.53. The van der Waals surface area contributed by atoms with Gasteiger partial charge in [0.1, 0.15) is 5.82 Å². The van der Waals surface area contributed by atoms with E-state index in [-0.39, 0.29) is 11.3 Å². The average Bonchev–Trinajstić information content (AvgIpc) is 3.05. The SMILES string of the molecule is Cc1cnc(CN2C[C@@]3(CCCN(Cc4nccn4C)C3)CCC2=O)cn1. The summed E-state index contributed by atoms with van der Waals surface area (Å²) in [5.41, 5.74) is 1.96. The molecule has 4 heterocycles. The second-order valence-corrected chi connectivity index (χ2v) is 8.17. The molecule has 0 aromatic carbocycles. The van der Waals surface area contributed by atoms with Crippen molar-refractivity contribution < 1.29 is 4.79 Å². The number of amides is 1. The Balaban J connectivity index is 1.44. The standard InChI is InChI=1S/C20H28N6O/c1-16-10-23-17(11-22-16)12-26-15-20(6-4-19(26)27)5-3-8-25(14-20)13-18-21-7-9-24(18)2/h7,9-11H,3-6,8,12-15H2,1-2H3/t20-/m0/s1. The Labute approximate surface area is 160 Å². The quantitative estimate of drug-likeness (QED) is 0.825. The fourth-order valence-corrected chi connectivity index (χ4v) is 4.47. The third kappa shape index (κ3) is 4.03. The van der Waals surface area contributed by atoms with Crippen molar-refractivity contribution in [3.8, 4) is 0 Å². The molecule has 4 rings (SSSR count). The topological polar surface area (TPSA) is 67.2 Å². The minimum Gasteiger partial charge on any atom is -0.337 e. The van der Waals surface area contributed by atoms with Crippen molar-refractivity contribution in [2.45, 2.75) is 45.7 Å². The summed E-state index contributed by atoms with van der Waals surface area (Å²) < 4.78 is 2.09. The summed E-state index contributed by atoms with van der Waals surface area (Å²) in [5.74, 6) is 1.34. The molecule has 1 atom stereocenters. The normalized spacial score (nSPS) is 23.9. The highest BCUT2D eigenvalue weighted by atomic mass is 16.2. The van der Waals surface area contributed by atoms with E-state index in [4.69, 9.17) is 0 Å². The van der Waals surface area contributed by atoms with Crippen LogP contribution in [0.25, 0.3) is 0 Å². The largest absolute Gasteiger partial charge is 0.337 e. The molecular formula is C20H28N6O. The molecular weight excluding hydrogens is 340 g/mol. The van der Waals surface area contributed by atoms with Crippen molar-refractivity contribution in [1.29, 1.82) is 0 Å². The number of likely N-dealkylation sites (tertiary alicyclic amines) is 2. The average molecular weight is 368 g/mol. The van der Waals surface area contributed by atoms with Crippen LogP contribution in [-0.2, 0) is 24.9 Å². The van der Waals surface area contributed by atoms with Gasteiger partial charge in [-0.3, -0.25) is 19.7 Å². The number of hydrogen-bond acceptors (Lipinski definition) is 5. The Morgan fingerprint density at radius 3 is 2.74 bits per heavy atom. The van der Waals surface area contributed by atoms with Crippen LogP contribution >= 0.6 is 0 Å². The number of nitrogens with zero attached hydrogens (tertiary/aromatic N) is 6. The van der Waals surface area contributed by atoms with Gasteiger partial charge >= 0.3 is 0 Å². The summed E-state index contributed by atoms with van der Waals surface area (Å²) in [6, 6.07) is 0. The molecule has 0 saturated carbocycles. The van der Waals surface area contributed by atoms with Gasteiger partial charge in [-0.2, -0.15) is 0 Å². The van der Waals surface area contributed by atoms with Crippen LogP contribution in [0.4, 0.5) is 0 Å². The van der Waals surface area contributed by atoms with E-state index in [1.165, 1.54) is 12.8 Å². The minimum atomic E-state index is 0.190. The first-order chi connectivity index (χ1) is 13.0. The van der Waals surface area contributed by atoms with E-state index < -0.39 is 0 Å². The number of hydrogen-bond donors (Lipinski definition) is 0. The summed E-state index contributed by atoms with van der Waals surface area (Å²) in [5, 5.41) is 0. The molecule has 2 aliphatic heterocycles. The lowest BCUT2D eigenvalue weighted by molar-refractivity contribution is -0.140. The Morgan fingerprint density at radius 1 is 1.11 bits per heavy atom. The smallest absolute Gasteiger partial charge is 0.222 e. The number of aromatic nitrogens is 4. The Hall–Kier alpha value is -2.28. The molecule has 7 heteroatoms. The Bertz CT molecular complexity index is 801. The number of imidazole rings is 1. The fourth-order valence-electron chi connectivity index (χ4n) is 4.47. The van der Waals surface area contributed by atoms with E-state index in [1.54, 1.807) is 12.4 Å². The first-order valence-corrected chi connectivity index (χ1v) is 9.77. The molecule has 0 N–H and O–H groups in total. The summed E-state index contributed by atoms with van der Waals surface area (Å²) >= 11 is 0. The zero-order valence-electron chi connectivity index (χ0n) is 16.3. The van der Waals surface area contributed by atoms with E-state index in [9.17, 15) is 4.79 Å². The number of piperidine rings is 2. The first kappa shape index (κ1) is 18.1. The molecule has 2 fully saturated rings. The van der Waals surface area contributed by atoms with Gasteiger partial charge in [0.15, 0.2) is 0 Å². The third-order valence-corrected chi connectivity index (χ3v) is 5.96. The van der Waals surface area contributed by atoms with Crippen molar-refractivity contribution in [1.82, 2.24) is 29.3 Å². The highest BCUT2D eigenvalue weighted by Gasteiger charge is 2.41. The molecule has 0 unspecified atom stereocenters. The highest BCUT2D eigenvalue weighted by molar-refractivity contribution is 5.77. The predicted molar refractivity (Wildman–Crippen MR) is 102 cm³/mol. The van der Waals surface area contributed by atoms with Crippen molar-refractivity contribution in [3.05, 3.63) is 42.0 Å². The summed E-state index contributed by atoms with van der Waals surface area (Å²) in [6.45, 7) is 6.32. The molecule has 2 aliphatic rings. The molecule has 2 aromatic rings. The zero-order valence-corrected chi connectivity index (χ0v) is 16.3. The monoisotopic (exact) mass is 368 g/mol. The maximum atomic E-state index is 12.5. The van der Waals surface area contributed by atoms with Gasteiger partial charge in [0.2, 0.25) is 5.91 Å². The molecule has 0 bridgehead atoms. The van der Waals surface area contributed by atoms with E-state index in [0.29, 0.717) is 13.0 Å². The van der Waals surface area contributed by atoms with E-state index >= 15 is 0 Å². The predicted octanol–water partition coefficient (Wildman–Crippen LogP) is 1.92. The van der Waals surface area contributed by atoms with Crippen LogP contribution in [0.3, 0.4) is 0 Å². The van der Waals surface area contributed by atoms with Gasteiger partial charge in [0.05, 0.1) is 30.7 Å². The molecule has 7 nitrogen and oxygen atoms in total. The fraction of sp³-hybridized carbons (Fsp3) is 0.600. The van der Waals surface area contributed by atoms with Gasteiger partial charge in [-0.05, 0) is 32.7 Å². The van der Waals surface area contributed by atoms with Gasteiger partial charge in [0.25, 0.3) is 0 Å². The molecule has 0 radical (unpaired) electrons. The first-order valence-electron chi connectivity index (χ1n) is 9.77. The Kier molecular flexibility index (Phi) is 4.95. The van der Waals surface area contributed by atoms with Crippen LogP contribution < -0.4 is 0 Å². The number of carbonyl (C=O) groups excluding carboxylic acids is 1. The summed E-state index contributed by atoms with van der Waals surface area (Å²) in [7, 11) is 2.05. The van der Waals surface area contributed by atoms with Crippen molar-refractivity contribution in [3.63, 3.8) is 0 Å². The zero-order chi connectivity index (χ0) is 18.9. The molecule has 2 saturated heterocycles. The summed E-state index contributed by atoms with van der Waals surface area (Å²) in [4.78, 5) is 30.3. The molecule has 27 heavy (non-hydrogen) atoms. The van der Waals surface area contributed by atoms with Crippen molar-refractivity contribution >= 4 is 5.91 Å². The second-order valence-electron chi connectivity index (χ2n) is 8.17. The summed E-state index contributed by atoms with van der Waals surface area (Å²) in [6.07, 6.45) is 11.4. The van der Waals surface area contributed by atoms with Gasteiger partial charge < -0.3 is 9.47 Å². The van der Waals surface area contributed by atoms with Gasteiger partial charge in [-0.1, -0.05) is 0 Å². The molecule has 0 aliphatic carbocycles. The maximum absolute atomic E-state index is 12.5. The van der Waals surface area contributed by atoms with Crippen LogP contribution in [-0.4, -0.2) is 54.9 Å². The number of rotatable bonds is 4. The lowest BCUT2D eigenvalue weighted by Gasteiger charge is -2.48. The molecule has 1 amide bonds. The lowest BCUT2D eigenvalue weighted by atomic mass is 9.73. The third-order valence-electron chi connectivity index (χ3n) is 5.96. The molecule has 2 aromatic heterocycles. The van der Waals surface area contributed by atoms with Crippen molar-refractivity contribution in [2.24, 2.45) is 12.5 Å². The number of aryl methyl sites for hydroxylation is 2.